The maximum atomic E-state index is 13.3. The van der Waals surface area contributed by atoms with Crippen LogP contribution in [0.2, 0.25) is 0 Å². The van der Waals surface area contributed by atoms with Gasteiger partial charge in [0.25, 0.3) is 0 Å². The first-order valence-electron chi connectivity index (χ1n) is 10.8. The van der Waals surface area contributed by atoms with E-state index in [2.05, 4.69) is 29.4 Å². The Labute approximate surface area is 181 Å². The summed E-state index contributed by atoms with van der Waals surface area (Å²) in [5.74, 6) is 1.75. The van der Waals surface area contributed by atoms with Crippen molar-refractivity contribution in [3.8, 4) is 5.75 Å². The average Bonchev–Trinajstić information content (AvgIpc) is 3.27. The maximum Gasteiger partial charge on any atom is 0.230 e. The monoisotopic (exact) mass is 424 g/mol. The molecule has 1 amide bonds. The summed E-state index contributed by atoms with van der Waals surface area (Å²) >= 11 is 1.48. The zero-order valence-electron chi connectivity index (χ0n) is 17.7. The van der Waals surface area contributed by atoms with Crippen molar-refractivity contribution < 1.29 is 14.3 Å². The molecule has 1 aromatic carbocycles. The molecule has 3 aliphatic rings. The number of nitrogens with zero attached hydrogens (tertiary/aromatic N) is 1. The lowest BCUT2D eigenvalue weighted by Crippen LogP contribution is -2.46. The summed E-state index contributed by atoms with van der Waals surface area (Å²) in [7, 11) is 1.71. The SMILES string of the molecule is COc1ccc2c(c1)CCC1C2CC[C@]2(C)C(=O)C[C@H](C(=O)Nc3ncc(C)s3)C12. The zero-order valence-corrected chi connectivity index (χ0v) is 18.6. The van der Waals surface area contributed by atoms with E-state index < -0.39 is 0 Å². The third-order valence-electron chi connectivity index (χ3n) is 7.85. The molecule has 3 unspecified atom stereocenters. The molecule has 1 aromatic heterocycles. The van der Waals surface area contributed by atoms with E-state index in [0.717, 1.165) is 36.3 Å². The molecular weight excluding hydrogens is 396 g/mol. The van der Waals surface area contributed by atoms with Gasteiger partial charge in [0, 0.05) is 28.8 Å². The van der Waals surface area contributed by atoms with Crippen molar-refractivity contribution in [2.24, 2.45) is 23.2 Å². The van der Waals surface area contributed by atoms with Gasteiger partial charge in [0.05, 0.1) is 7.11 Å². The second-order valence-corrected chi connectivity index (χ2v) is 10.6. The van der Waals surface area contributed by atoms with E-state index in [9.17, 15) is 9.59 Å². The molecule has 5 rings (SSSR count). The van der Waals surface area contributed by atoms with Gasteiger partial charge in [0.15, 0.2) is 5.13 Å². The zero-order chi connectivity index (χ0) is 21.0. The first-order chi connectivity index (χ1) is 14.4. The Morgan fingerprint density at radius 2 is 2.17 bits per heavy atom. The van der Waals surface area contributed by atoms with Crippen LogP contribution in [0.5, 0.6) is 5.75 Å². The van der Waals surface area contributed by atoms with Crippen molar-refractivity contribution in [2.75, 3.05) is 12.4 Å². The van der Waals surface area contributed by atoms with Gasteiger partial charge in [-0.3, -0.25) is 9.59 Å². The Morgan fingerprint density at radius 1 is 1.33 bits per heavy atom. The van der Waals surface area contributed by atoms with Crippen LogP contribution in [0.3, 0.4) is 0 Å². The predicted octanol–water partition coefficient (Wildman–Crippen LogP) is 4.75. The van der Waals surface area contributed by atoms with Gasteiger partial charge in [-0.15, -0.1) is 11.3 Å². The molecule has 2 fully saturated rings. The highest BCUT2D eigenvalue weighted by Crippen LogP contribution is 2.61. The minimum atomic E-state index is -0.383. The van der Waals surface area contributed by atoms with Crippen LogP contribution in [-0.4, -0.2) is 23.8 Å². The summed E-state index contributed by atoms with van der Waals surface area (Å²) in [4.78, 5) is 31.7. The van der Waals surface area contributed by atoms with Gasteiger partial charge in [-0.25, -0.2) is 4.98 Å². The number of aryl methyl sites for hydroxylation is 2. The molecular formula is C24H28N2O3S. The molecule has 5 nitrogen and oxygen atoms in total. The number of ketones is 1. The largest absolute Gasteiger partial charge is 0.497 e. The molecule has 158 valence electrons. The molecule has 1 heterocycles. The van der Waals surface area contributed by atoms with Crippen LogP contribution in [0.15, 0.2) is 24.4 Å². The average molecular weight is 425 g/mol. The second kappa shape index (κ2) is 7.19. The smallest absolute Gasteiger partial charge is 0.230 e. The number of methoxy groups -OCH3 is 1. The number of hydrogen-bond donors (Lipinski definition) is 1. The Morgan fingerprint density at radius 3 is 2.90 bits per heavy atom. The minimum absolute atomic E-state index is 0.0346. The lowest BCUT2D eigenvalue weighted by Gasteiger charge is -2.49. The van der Waals surface area contributed by atoms with E-state index in [0.29, 0.717) is 23.4 Å². The van der Waals surface area contributed by atoms with Crippen LogP contribution in [0.1, 0.15) is 54.5 Å². The molecule has 30 heavy (non-hydrogen) atoms. The van der Waals surface area contributed by atoms with Gasteiger partial charge >= 0.3 is 0 Å². The van der Waals surface area contributed by atoms with E-state index in [1.54, 1.807) is 13.3 Å². The van der Waals surface area contributed by atoms with Crippen LogP contribution in [0.25, 0.3) is 0 Å². The molecule has 0 radical (unpaired) electrons. The number of Topliss-reactive ketones (excluding diaryl/α,β-unsaturated/α-hetero) is 1. The molecule has 6 heteroatoms. The van der Waals surface area contributed by atoms with Crippen molar-refractivity contribution in [3.63, 3.8) is 0 Å². The Kier molecular flexibility index (Phi) is 4.73. The predicted molar refractivity (Wildman–Crippen MR) is 117 cm³/mol. The summed E-state index contributed by atoms with van der Waals surface area (Å²) in [5, 5.41) is 3.64. The quantitative estimate of drug-likeness (QED) is 0.772. The molecule has 0 saturated heterocycles. The normalized spacial score (nSPS) is 32.2. The number of rotatable bonds is 3. The van der Waals surface area contributed by atoms with Crippen LogP contribution in [0, 0.1) is 30.1 Å². The highest BCUT2D eigenvalue weighted by atomic mass is 32.1. The number of amides is 1. The fraction of sp³-hybridized carbons (Fsp3) is 0.542. The van der Waals surface area contributed by atoms with E-state index in [1.165, 1.54) is 22.5 Å². The first-order valence-corrected chi connectivity index (χ1v) is 11.7. The molecule has 0 aliphatic heterocycles. The number of nitrogens with one attached hydrogen (secondary N) is 1. The van der Waals surface area contributed by atoms with Crippen LogP contribution in [0.4, 0.5) is 5.13 Å². The lowest BCUT2D eigenvalue weighted by molar-refractivity contribution is -0.129. The lowest BCUT2D eigenvalue weighted by atomic mass is 9.54. The highest BCUT2D eigenvalue weighted by Gasteiger charge is 2.60. The number of ether oxygens (including phenoxy) is 1. The minimum Gasteiger partial charge on any atom is -0.497 e. The molecule has 1 N–H and O–H groups in total. The van der Waals surface area contributed by atoms with Crippen LogP contribution in [-0.2, 0) is 16.0 Å². The van der Waals surface area contributed by atoms with Crippen molar-refractivity contribution in [3.05, 3.63) is 40.4 Å². The highest BCUT2D eigenvalue weighted by molar-refractivity contribution is 7.15. The van der Waals surface area contributed by atoms with E-state index in [-0.39, 0.29) is 28.9 Å². The number of fused-ring (bicyclic) bond motifs is 5. The Hall–Kier alpha value is -2.21. The summed E-state index contributed by atoms with van der Waals surface area (Å²) in [6.45, 7) is 4.09. The summed E-state index contributed by atoms with van der Waals surface area (Å²) < 4.78 is 5.42. The van der Waals surface area contributed by atoms with E-state index >= 15 is 0 Å². The van der Waals surface area contributed by atoms with Crippen molar-refractivity contribution >= 4 is 28.2 Å². The maximum absolute atomic E-state index is 13.3. The standard InChI is InChI=1S/C24H28N2O3S/c1-13-12-25-23(30-13)26-22(28)19-11-20(27)24(2)9-8-17-16-7-5-15(29-3)10-14(16)4-6-18(17)21(19)24/h5,7,10,12,17-19,21H,4,6,8-9,11H2,1-3H3,(H,25,26,28)/t17?,18?,19-,21?,24+/m0/s1. The Balaban J connectivity index is 1.46. The number of benzene rings is 1. The van der Waals surface area contributed by atoms with Gasteiger partial charge < -0.3 is 10.1 Å². The molecule has 0 spiro atoms. The number of carbonyl (C=O) groups excluding carboxylic acids is 2. The van der Waals surface area contributed by atoms with Crippen molar-refractivity contribution in [1.29, 1.82) is 0 Å². The fourth-order valence-corrected chi connectivity index (χ4v) is 7.10. The van der Waals surface area contributed by atoms with E-state index in [4.69, 9.17) is 4.74 Å². The topological polar surface area (TPSA) is 68.3 Å². The molecule has 2 saturated carbocycles. The number of thiazole rings is 1. The third-order valence-corrected chi connectivity index (χ3v) is 8.68. The molecule has 2 aromatic rings. The van der Waals surface area contributed by atoms with Gasteiger partial charge in [0.1, 0.15) is 11.5 Å². The summed E-state index contributed by atoms with van der Waals surface area (Å²) in [5.41, 5.74) is 2.37. The molecule has 3 aliphatic carbocycles. The third kappa shape index (κ3) is 2.99. The number of hydrogen-bond acceptors (Lipinski definition) is 5. The van der Waals surface area contributed by atoms with Crippen LogP contribution >= 0.6 is 11.3 Å². The van der Waals surface area contributed by atoms with Gasteiger partial charge in [0.2, 0.25) is 5.91 Å². The van der Waals surface area contributed by atoms with Gasteiger partial charge in [-0.05, 0) is 73.6 Å². The van der Waals surface area contributed by atoms with Crippen molar-refractivity contribution in [1.82, 2.24) is 4.98 Å². The van der Waals surface area contributed by atoms with E-state index in [1.807, 2.05) is 13.0 Å². The summed E-state index contributed by atoms with van der Waals surface area (Å²) in [6, 6.07) is 6.41. The van der Waals surface area contributed by atoms with Gasteiger partial charge in [-0.1, -0.05) is 13.0 Å². The molecule has 5 atom stereocenters. The second-order valence-electron chi connectivity index (χ2n) is 9.35. The summed E-state index contributed by atoms with van der Waals surface area (Å²) in [6.07, 6.45) is 6.02. The Bertz CT molecular complexity index is 1020. The van der Waals surface area contributed by atoms with Gasteiger partial charge in [-0.2, -0.15) is 0 Å². The van der Waals surface area contributed by atoms with Crippen molar-refractivity contribution in [2.45, 2.75) is 51.9 Å². The van der Waals surface area contributed by atoms with Crippen LogP contribution < -0.4 is 10.1 Å². The number of carbonyl (C=O) groups is 2. The molecule has 0 bridgehead atoms. The first kappa shape index (κ1) is 19.7. The number of anilines is 1. The number of aromatic nitrogens is 1. The fourth-order valence-electron chi connectivity index (χ4n) is 6.43.